The Balaban J connectivity index is 1.83. The number of imide groups is 1. The Morgan fingerprint density at radius 1 is 1.13 bits per heavy atom. The summed E-state index contributed by atoms with van der Waals surface area (Å²) in [6.45, 7) is 3.40. The van der Waals surface area contributed by atoms with Gasteiger partial charge < -0.3 is 15.4 Å². The number of anilines is 2. The normalized spacial score (nSPS) is 15.0. The summed E-state index contributed by atoms with van der Waals surface area (Å²) in [6.07, 6.45) is 0.566. The Morgan fingerprint density at radius 2 is 1.73 bits per heavy atom. The van der Waals surface area contributed by atoms with Gasteiger partial charge in [-0.05, 0) is 18.1 Å². The number of ether oxygens (including phenoxy) is 1. The van der Waals surface area contributed by atoms with Crippen LogP contribution in [0.15, 0.2) is 24.3 Å². The van der Waals surface area contributed by atoms with Crippen LogP contribution in [0.4, 0.5) is 11.9 Å². The zero-order chi connectivity index (χ0) is 22.0. The number of rotatable bonds is 7. The van der Waals surface area contributed by atoms with E-state index in [1.165, 1.54) is 0 Å². The topological polar surface area (TPSA) is 132 Å². The van der Waals surface area contributed by atoms with Crippen LogP contribution in [-0.2, 0) is 16.1 Å². The highest BCUT2D eigenvalue weighted by Crippen LogP contribution is 2.28. The molecule has 2 N–H and O–H groups in total. The number of amides is 2. The SMILES string of the molecule is CC[C@H](C)[C@@H](C(=O)OCc1nc(N)nc(N(C)C)n1)N1C(=O)c2ccccc2C1=O. The zero-order valence-corrected chi connectivity index (χ0v) is 17.3. The fourth-order valence-corrected chi connectivity index (χ4v) is 3.19. The minimum absolute atomic E-state index is 0.00132. The molecule has 1 aromatic heterocycles. The lowest BCUT2D eigenvalue weighted by atomic mass is 9.97. The molecule has 0 saturated carbocycles. The highest BCUT2D eigenvalue weighted by Gasteiger charge is 2.45. The number of fused-ring (bicyclic) bond motifs is 1. The second kappa shape index (κ2) is 8.44. The Bertz CT molecular complexity index is 958. The van der Waals surface area contributed by atoms with Gasteiger partial charge in [-0.25, -0.2) is 4.79 Å². The smallest absolute Gasteiger partial charge is 0.330 e. The van der Waals surface area contributed by atoms with Gasteiger partial charge in [-0.2, -0.15) is 15.0 Å². The molecule has 2 atom stereocenters. The number of nitrogens with two attached hydrogens (primary N) is 1. The third-order valence-corrected chi connectivity index (χ3v) is 4.96. The van der Waals surface area contributed by atoms with Crippen molar-refractivity contribution in [2.75, 3.05) is 24.7 Å². The number of aromatic nitrogens is 3. The van der Waals surface area contributed by atoms with E-state index in [4.69, 9.17) is 10.5 Å². The summed E-state index contributed by atoms with van der Waals surface area (Å²) < 4.78 is 5.40. The summed E-state index contributed by atoms with van der Waals surface area (Å²) >= 11 is 0. The largest absolute Gasteiger partial charge is 0.456 e. The van der Waals surface area contributed by atoms with Gasteiger partial charge in [0.15, 0.2) is 12.4 Å². The average molecular weight is 412 g/mol. The minimum Gasteiger partial charge on any atom is -0.456 e. The molecule has 3 rings (SSSR count). The summed E-state index contributed by atoms with van der Waals surface area (Å²) in [5, 5.41) is 0. The van der Waals surface area contributed by atoms with E-state index in [1.807, 2.05) is 6.92 Å². The van der Waals surface area contributed by atoms with Crippen LogP contribution < -0.4 is 10.6 Å². The van der Waals surface area contributed by atoms with E-state index in [1.54, 1.807) is 50.2 Å². The van der Waals surface area contributed by atoms with Gasteiger partial charge in [0, 0.05) is 14.1 Å². The molecule has 2 aromatic rings. The molecule has 0 radical (unpaired) electrons. The van der Waals surface area contributed by atoms with Crippen LogP contribution in [0, 0.1) is 5.92 Å². The third kappa shape index (κ3) is 3.93. The van der Waals surface area contributed by atoms with Crippen molar-refractivity contribution in [3.05, 3.63) is 41.2 Å². The van der Waals surface area contributed by atoms with Crippen molar-refractivity contribution >= 4 is 29.7 Å². The first-order valence-electron chi connectivity index (χ1n) is 9.55. The molecule has 0 bridgehead atoms. The fourth-order valence-electron chi connectivity index (χ4n) is 3.19. The summed E-state index contributed by atoms with van der Waals surface area (Å²) in [5.74, 6) is -1.52. The Morgan fingerprint density at radius 3 is 2.27 bits per heavy atom. The van der Waals surface area contributed by atoms with Gasteiger partial charge in [-0.1, -0.05) is 32.4 Å². The van der Waals surface area contributed by atoms with Gasteiger partial charge in [0.1, 0.15) is 6.04 Å². The standard InChI is InChI=1S/C20H24N6O4/c1-5-11(2)15(26-16(27)12-8-6-7-9-13(12)17(26)28)18(29)30-10-14-22-19(21)24-20(23-14)25(3)4/h6-9,11,15H,5,10H2,1-4H3,(H2,21,22,23,24)/t11-,15-/m0/s1. The summed E-state index contributed by atoms with van der Waals surface area (Å²) in [5.41, 5.74) is 6.25. The minimum atomic E-state index is -1.06. The molecule has 0 aliphatic carbocycles. The van der Waals surface area contributed by atoms with Crippen molar-refractivity contribution in [1.82, 2.24) is 19.9 Å². The number of nitrogens with zero attached hydrogens (tertiary/aromatic N) is 5. The number of nitrogen functional groups attached to an aromatic ring is 1. The zero-order valence-electron chi connectivity index (χ0n) is 17.3. The molecule has 0 saturated heterocycles. The highest BCUT2D eigenvalue weighted by molar-refractivity contribution is 6.22. The predicted molar refractivity (Wildman–Crippen MR) is 109 cm³/mol. The van der Waals surface area contributed by atoms with Gasteiger partial charge in [-0.3, -0.25) is 14.5 Å². The number of esters is 1. The third-order valence-electron chi connectivity index (χ3n) is 4.96. The maximum atomic E-state index is 13.0. The predicted octanol–water partition coefficient (Wildman–Crippen LogP) is 1.27. The molecule has 2 heterocycles. The Labute approximate surface area is 174 Å². The lowest BCUT2D eigenvalue weighted by Crippen LogP contribution is -2.49. The van der Waals surface area contributed by atoms with Crippen LogP contribution in [-0.4, -0.2) is 57.8 Å². The maximum Gasteiger partial charge on any atom is 0.330 e. The molecular formula is C20H24N6O4. The maximum absolute atomic E-state index is 13.0. The summed E-state index contributed by atoms with van der Waals surface area (Å²) in [4.78, 5) is 53.5. The van der Waals surface area contributed by atoms with E-state index in [2.05, 4.69) is 15.0 Å². The lowest BCUT2D eigenvalue weighted by Gasteiger charge is -2.28. The molecule has 1 aliphatic heterocycles. The van der Waals surface area contributed by atoms with Crippen LogP contribution in [0.2, 0.25) is 0 Å². The van der Waals surface area contributed by atoms with Gasteiger partial charge in [-0.15, -0.1) is 0 Å². The molecule has 10 heteroatoms. The Hall–Kier alpha value is -3.56. The summed E-state index contributed by atoms with van der Waals surface area (Å²) in [7, 11) is 3.48. The van der Waals surface area contributed by atoms with E-state index in [9.17, 15) is 14.4 Å². The van der Waals surface area contributed by atoms with Gasteiger partial charge >= 0.3 is 5.97 Å². The van der Waals surface area contributed by atoms with E-state index >= 15 is 0 Å². The number of hydrogen-bond donors (Lipinski definition) is 1. The fraction of sp³-hybridized carbons (Fsp3) is 0.400. The van der Waals surface area contributed by atoms with E-state index in [0.717, 1.165) is 4.90 Å². The second-order valence-electron chi connectivity index (χ2n) is 7.27. The molecule has 2 amide bonds. The molecular weight excluding hydrogens is 388 g/mol. The highest BCUT2D eigenvalue weighted by atomic mass is 16.5. The van der Waals surface area contributed by atoms with Crippen molar-refractivity contribution in [3.8, 4) is 0 Å². The van der Waals surface area contributed by atoms with Gasteiger partial charge in [0.05, 0.1) is 11.1 Å². The van der Waals surface area contributed by atoms with Crippen molar-refractivity contribution in [3.63, 3.8) is 0 Å². The van der Waals surface area contributed by atoms with Crippen LogP contribution in [0.25, 0.3) is 0 Å². The van der Waals surface area contributed by atoms with E-state index in [-0.39, 0.29) is 35.4 Å². The van der Waals surface area contributed by atoms with Crippen LogP contribution in [0.1, 0.15) is 46.8 Å². The number of hydrogen-bond acceptors (Lipinski definition) is 9. The molecule has 10 nitrogen and oxygen atoms in total. The average Bonchev–Trinajstić information content (AvgIpc) is 2.97. The van der Waals surface area contributed by atoms with Gasteiger partial charge in [0.2, 0.25) is 11.9 Å². The number of carbonyl (C=O) groups is 3. The molecule has 0 fully saturated rings. The van der Waals surface area contributed by atoms with Crippen molar-refractivity contribution in [2.45, 2.75) is 32.9 Å². The van der Waals surface area contributed by atoms with Crippen LogP contribution in [0.5, 0.6) is 0 Å². The monoisotopic (exact) mass is 412 g/mol. The first kappa shape index (κ1) is 21.2. The van der Waals surface area contributed by atoms with Gasteiger partial charge in [0.25, 0.3) is 11.8 Å². The van der Waals surface area contributed by atoms with Crippen molar-refractivity contribution < 1.29 is 19.1 Å². The summed E-state index contributed by atoms with van der Waals surface area (Å²) in [6, 6.07) is 5.44. The Kier molecular flexibility index (Phi) is 5.95. The number of carbonyl (C=O) groups excluding carboxylic acids is 3. The molecule has 0 spiro atoms. The van der Waals surface area contributed by atoms with Crippen molar-refractivity contribution in [1.29, 1.82) is 0 Å². The molecule has 0 unspecified atom stereocenters. The lowest BCUT2D eigenvalue weighted by molar-refractivity contribution is -0.151. The molecule has 1 aliphatic rings. The second-order valence-corrected chi connectivity index (χ2v) is 7.27. The van der Waals surface area contributed by atoms with E-state index in [0.29, 0.717) is 12.4 Å². The first-order chi connectivity index (χ1) is 14.2. The van der Waals surface area contributed by atoms with Crippen LogP contribution >= 0.6 is 0 Å². The van der Waals surface area contributed by atoms with E-state index < -0.39 is 23.8 Å². The van der Waals surface area contributed by atoms with Crippen molar-refractivity contribution in [2.24, 2.45) is 5.92 Å². The molecule has 30 heavy (non-hydrogen) atoms. The quantitative estimate of drug-likeness (QED) is 0.527. The first-order valence-corrected chi connectivity index (χ1v) is 9.55. The molecule has 158 valence electrons. The van der Waals surface area contributed by atoms with Crippen LogP contribution in [0.3, 0.4) is 0 Å². The number of benzene rings is 1. The molecule has 1 aromatic carbocycles.